The zero-order valence-corrected chi connectivity index (χ0v) is 18.1. The normalized spacial score (nSPS) is 10.3. The van der Waals surface area contributed by atoms with Crippen LogP contribution in [0, 0.1) is 14.4 Å². The molecule has 3 rings (SSSR count). The average molecular weight is 377 g/mol. The third kappa shape index (κ3) is 6.00. The van der Waals surface area contributed by atoms with Crippen LogP contribution in [0.5, 0.6) is 5.75 Å². The Morgan fingerprint density at radius 3 is 2.39 bits per heavy atom. The summed E-state index contributed by atoms with van der Waals surface area (Å²) in [5, 5.41) is 4.43. The first-order valence-corrected chi connectivity index (χ1v) is 7.23. The third-order valence-electron chi connectivity index (χ3n) is 3.14. The fraction of sp³-hybridized carbons (Fsp3) is 0.111. The molecule has 0 unspecified atom stereocenters. The van der Waals surface area contributed by atoms with Gasteiger partial charge in [0.2, 0.25) is 0 Å². The van der Waals surface area contributed by atoms with E-state index in [4.69, 9.17) is 4.74 Å². The van der Waals surface area contributed by atoms with E-state index in [0.29, 0.717) is 0 Å². The maximum absolute atomic E-state index is 6.17. The van der Waals surface area contributed by atoms with E-state index in [2.05, 4.69) is 42.6 Å². The van der Waals surface area contributed by atoms with Crippen LogP contribution in [0.25, 0.3) is 10.8 Å². The molecule has 0 aliphatic rings. The van der Waals surface area contributed by atoms with Gasteiger partial charge in [0.05, 0.1) is 0 Å². The van der Waals surface area contributed by atoms with Crippen molar-refractivity contribution in [2.45, 2.75) is 12.5 Å². The Morgan fingerprint density at radius 1 is 1.04 bits per heavy atom. The van der Waals surface area contributed by atoms with Gasteiger partial charge in [-0.1, -0.05) is 42.5 Å². The Kier molecular flexibility index (Phi) is 13.3. The molecular formula is C18H22ClNaOS2-2. The second-order valence-electron chi connectivity index (χ2n) is 4.39. The molecular weight excluding hydrogens is 355 g/mol. The van der Waals surface area contributed by atoms with E-state index < -0.39 is 0 Å². The van der Waals surface area contributed by atoms with E-state index in [9.17, 15) is 0 Å². The van der Waals surface area contributed by atoms with Crippen molar-refractivity contribution in [2.75, 3.05) is 0 Å². The van der Waals surface area contributed by atoms with Gasteiger partial charge in [0, 0.05) is 10.3 Å². The molecule has 1 atom stereocenters. The number of thiophene rings is 1. The summed E-state index contributed by atoms with van der Waals surface area (Å²) in [7, 11) is 0. The predicted octanol–water partition coefficient (Wildman–Crippen LogP) is 3.35. The summed E-state index contributed by atoms with van der Waals surface area (Å²) in [6.07, 6.45) is 0.759. The van der Waals surface area contributed by atoms with Gasteiger partial charge in [-0.25, -0.2) is 0 Å². The number of rotatable bonds is 4. The van der Waals surface area contributed by atoms with Crippen molar-refractivity contribution < 1.29 is 35.7 Å². The molecule has 3 aromatic rings. The SMILES string of the molecule is Cl.S.[CH2-]C[C@H](Oc1cccc2ccccc12)c1cccs1.[CH3-].[H-].[Na+]. The second-order valence-corrected chi connectivity index (χ2v) is 5.37. The predicted molar refractivity (Wildman–Crippen MR) is 107 cm³/mol. The van der Waals surface area contributed by atoms with Gasteiger partial charge >= 0.3 is 29.6 Å². The summed E-state index contributed by atoms with van der Waals surface area (Å²) in [5.41, 5.74) is 0. The minimum Gasteiger partial charge on any atom is -1.00 e. The minimum absolute atomic E-state index is 0. The molecule has 0 spiro atoms. The summed E-state index contributed by atoms with van der Waals surface area (Å²) >= 11 is 1.72. The number of ether oxygens (including phenoxy) is 1. The van der Waals surface area contributed by atoms with E-state index in [-0.39, 0.29) is 70.4 Å². The summed E-state index contributed by atoms with van der Waals surface area (Å²) in [4.78, 5) is 1.22. The van der Waals surface area contributed by atoms with E-state index in [1.807, 2.05) is 24.3 Å². The monoisotopic (exact) mass is 376 g/mol. The quantitative estimate of drug-likeness (QED) is 0.501. The molecule has 0 bridgehead atoms. The van der Waals surface area contributed by atoms with Gasteiger partial charge in [-0.3, -0.25) is 0 Å². The molecule has 1 heterocycles. The fourth-order valence-corrected chi connectivity index (χ4v) is 2.97. The Labute approximate surface area is 180 Å². The molecule has 1 nitrogen and oxygen atoms in total. The first-order valence-electron chi connectivity index (χ1n) is 6.35. The smallest absolute Gasteiger partial charge is 1.00 e. The molecule has 0 radical (unpaired) electrons. The summed E-state index contributed by atoms with van der Waals surface area (Å²) in [5.74, 6) is 0.931. The van der Waals surface area contributed by atoms with Crippen LogP contribution >= 0.6 is 37.2 Å². The van der Waals surface area contributed by atoms with Crippen LogP contribution in [-0.4, -0.2) is 0 Å². The zero-order chi connectivity index (χ0) is 13.1. The second kappa shape index (κ2) is 12.2. The Morgan fingerprint density at radius 2 is 1.74 bits per heavy atom. The average Bonchev–Trinajstić information content (AvgIpc) is 2.99. The van der Waals surface area contributed by atoms with Gasteiger partial charge in [0.1, 0.15) is 11.9 Å². The molecule has 0 N–H and O–H groups in total. The Hall–Kier alpha value is -0.160. The number of benzene rings is 2. The van der Waals surface area contributed by atoms with Crippen LogP contribution in [0.15, 0.2) is 60.0 Å². The first-order chi connectivity index (χ1) is 9.38. The summed E-state index contributed by atoms with van der Waals surface area (Å²) in [6.45, 7) is 4.00. The van der Waals surface area contributed by atoms with Crippen LogP contribution in [0.2, 0.25) is 0 Å². The molecule has 0 saturated heterocycles. The molecule has 0 aliphatic carbocycles. The van der Waals surface area contributed by atoms with E-state index in [1.54, 1.807) is 11.3 Å². The van der Waals surface area contributed by atoms with Crippen molar-refractivity contribution in [1.82, 2.24) is 0 Å². The molecule has 0 saturated carbocycles. The van der Waals surface area contributed by atoms with E-state index in [0.717, 1.165) is 17.6 Å². The van der Waals surface area contributed by atoms with Gasteiger partial charge in [0.25, 0.3) is 0 Å². The summed E-state index contributed by atoms with van der Waals surface area (Å²) < 4.78 is 6.17. The van der Waals surface area contributed by atoms with Crippen molar-refractivity contribution in [3.8, 4) is 5.75 Å². The van der Waals surface area contributed by atoms with Crippen LogP contribution in [0.4, 0.5) is 0 Å². The van der Waals surface area contributed by atoms with Crippen molar-refractivity contribution in [3.63, 3.8) is 0 Å². The molecule has 2 aromatic carbocycles. The number of hydrogen-bond acceptors (Lipinski definition) is 2. The molecule has 5 heteroatoms. The first kappa shape index (κ1) is 25.1. The Balaban J connectivity index is -0.000000882. The topological polar surface area (TPSA) is 9.23 Å². The molecule has 0 aliphatic heterocycles. The van der Waals surface area contributed by atoms with E-state index >= 15 is 0 Å². The van der Waals surface area contributed by atoms with Crippen molar-refractivity contribution in [3.05, 3.63) is 79.2 Å². The molecule has 122 valence electrons. The molecule has 23 heavy (non-hydrogen) atoms. The fourth-order valence-electron chi connectivity index (χ4n) is 2.19. The van der Waals surface area contributed by atoms with Crippen molar-refractivity contribution in [1.29, 1.82) is 0 Å². The number of halogens is 1. The van der Waals surface area contributed by atoms with Gasteiger partial charge in [-0.15, -0.1) is 30.2 Å². The Bertz CT molecular complexity index is 674. The number of fused-ring (bicyclic) bond motifs is 1. The van der Waals surface area contributed by atoms with Gasteiger partial charge < -0.3 is 20.5 Å². The van der Waals surface area contributed by atoms with Crippen molar-refractivity contribution >= 4 is 48.0 Å². The van der Waals surface area contributed by atoms with Crippen LogP contribution < -0.4 is 34.3 Å². The van der Waals surface area contributed by atoms with E-state index in [1.165, 1.54) is 10.3 Å². The molecule has 0 fully saturated rings. The number of hydrogen-bond donors (Lipinski definition) is 0. The third-order valence-corrected chi connectivity index (χ3v) is 4.11. The zero-order valence-electron chi connectivity index (χ0n) is 14.5. The molecule has 1 aromatic heterocycles. The molecule has 0 amide bonds. The minimum atomic E-state index is 0. The van der Waals surface area contributed by atoms with Gasteiger partial charge in [-0.2, -0.15) is 13.5 Å². The largest absolute Gasteiger partial charge is 1.00 e. The van der Waals surface area contributed by atoms with Gasteiger partial charge in [-0.05, 0) is 22.9 Å². The van der Waals surface area contributed by atoms with Crippen LogP contribution in [0.3, 0.4) is 0 Å². The maximum atomic E-state index is 6.17. The van der Waals surface area contributed by atoms with Crippen molar-refractivity contribution in [2.24, 2.45) is 0 Å². The summed E-state index contributed by atoms with van der Waals surface area (Å²) in [6, 6.07) is 18.6. The standard InChI is InChI=1S/C17H15OS.CH3.ClH.Na.H2S.H/c1-2-15(17-11-6-12-19-17)18-16-10-5-8-13-7-3-4-9-14(13)16;;;;;/h3-12,15H,1-2H2;1H3;1H;;1H2;/q2*-1;;+1;;-1/t15-;;;;;/m0...../s1. The van der Waals surface area contributed by atoms with Gasteiger partial charge in [0.15, 0.2) is 0 Å². The van der Waals surface area contributed by atoms with Crippen LogP contribution in [0.1, 0.15) is 18.8 Å². The van der Waals surface area contributed by atoms with Crippen LogP contribution in [-0.2, 0) is 0 Å². The maximum Gasteiger partial charge on any atom is 1.00 e.